The van der Waals surface area contributed by atoms with E-state index in [1.54, 1.807) is 12.2 Å². The minimum atomic E-state index is 0.803. The van der Waals surface area contributed by atoms with E-state index in [9.17, 15) is 0 Å². The Labute approximate surface area is 84.1 Å². The van der Waals surface area contributed by atoms with Crippen LogP contribution in [0.2, 0.25) is 0 Å². The lowest BCUT2D eigenvalue weighted by atomic mass is 10.0. The smallest absolute Gasteiger partial charge is 0.0638 e. The molecule has 0 fully saturated rings. The Balaban J connectivity index is 2.16. The summed E-state index contributed by atoms with van der Waals surface area (Å²) in [5, 5.41) is 1.78. The molecular weight excluding hydrogens is 174 g/mol. The van der Waals surface area contributed by atoms with Crippen molar-refractivity contribution in [2.24, 2.45) is 0 Å². The average molecular weight is 187 g/mol. The summed E-state index contributed by atoms with van der Waals surface area (Å²) in [6.07, 6.45) is 6.16. The third kappa shape index (κ3) is 1.86. The molecule has 0 unspecified atom stereocenters. The van der Waals surface area contributed by atoms with Crippen LogP contribution in [0.15, 0.2) is 48.7 Å². The van der Waals surface area contributed by atoms with Gasteiger partial charge in [0.2, 0.25) is 0 Å². The molecular formula is C12H13NO. The van der Waals surface area contributed by atoms with Crippen LogP contribution in [-0.4, -0.2) is 18.7 Å². The molecule has 2 nitrogen and oxygen atoms in total. The number of hydrogen-bond donors (Lipinski definition) is 0. The van der Waals surface area contributed by atoms with Crippen LogP contribution in [0, 0.1) is 0 Å². The molecule has 0 N–H and O–H groups in total. The zero-order valence-corrected chi connectivity index (χ0v) is 8.18. The largest absolute Gasteiger partial charge is 0.277 e. The van der Waals surface area contributed by atoms with Crippen LogP contribution in [-0.2, 0) is 4.84 Å². The number of allylic oxidation sites excluding steroid dienone is 2. The quantitative estimate of drug-likeness (QED) is 0.705. The molecule has 1 aromatic carbocycles. The van der Waals surface area contributed by atoms with E-state index in [1.807, 2.05) is 24.4 Å². The Morgan fingerprint density at radius 2 is 2.00 bits per heavy atom. The van der Waals surface area contributed by atoms with Gasteiger partial charge in [0, 0.05) is 6.20 Å². The summed E-state index contributed by atoms with van der Waals surface area (Å²) < 4.78 is 0. The van der Waals surface area contributed by atoms with Crippen molar-refractivity contribution in [3.8, 4) is 0 Å². The first-order chi connectivity index (χ1) is 6.90. The van der Waals surface area contributed by atoms with Gasteiger partial charge in [-0.2, -0.15) is 0 Å². The molecule has 1 aliphatic heterocycles. The summed E-state index contributed by atoms with van der Waals surface area (Å²) >= 11 is 0. The second-order valence-electron chi connectivity index (χ2n) is 3.12. The Kier molecular flexibility index (Phi) is 2.65. The van der Waals surface area contributed by atoms with Crippen LogP contribution < -0.4 is 0 Å². The monoisotopic (exact) mass is 187 g/mol. The minimum absolute atomic E-state index is 0.803. The average Bonchev–Trinajstić information content (AvgIpc) is 2.30. The SMILES string of the molecule is CON1C=CC(c2ccccc2)=CC1. The molecule has 2 heteroatoms. The van der Waals surface area contributed by atoms with Crippen LogP contribution in [0.5, 0.6) is 0 Å². The first kappa shape index (κ1) is 9.03. The van der Waals surface area contributed by atoms with E-state index in [0.717, 1.165) is 6.54 Å². The number of hydroxylamine groups is 2. The van der Waals surface area contributed by atoms with Crippen molar-refractivity contribution in [2.75, 3.05) is 13.7 Å². The maximum Gasteiger partial charge on any atom is 0.0638 e. The Morgan fingerprint density at radius 1 is 1.21 bits per heavy atom. The summed E-state index contributed by atoms with van der Waals surface area (Å²) in [4.78, 5) is 5.08. The summed E-state index contributed by atoms with van der Waals surface area (Å²) in [5.74, 6) is 0. The maximum atomic E-state index is 5.08. The molecule has 0 aromatic heterocycles. The van der Waals surface area contributed by atoms with Gasteiger partial charge in [-0.15, -0.1) is 0 Å². The summed E-state index contributed by atoms with van der Waals surface area (Å²) in [5.41, 5.74) is 2.50. The third-order valence-corrected chi connectivity index (χ3v) is 2.25. The van der Waals surface area contributed by atoms with Crippen molar-refractivity contribution in [1.82, 2.24) is 5.06 Å². The molecule has 2 rings (SSSR count). The van der Waals surface area contributed by atoms with E-state index in [-0.39, 0.29) is 0 Å². The zero-order chi connectivity index (χ0) is 9.80. The highest BCUT2D eigenvalue weighted by Crippen LogP contribution is 2.18. The summed E-state index contributed by atoms with van der Waals surface area (Å²) in [6, 6.07) is 10.3. The summed E-state index contributed by atoms with van der Waals surface area (Å²) in [7, 11) is 1.67. The first-order valence-corrected chi connectivity index (χ1v) is 4.64. The van der Waals surface area contributed by atoms with Gasteiger partial charge in [0.1, 0.15) is 0 Å². The minimum Gasteiger partial charge on any atom is -0.277 e. The van der Waals surface area contributed by atoms with E-state index in [1.165, 1.54) is 11.1 Å². The predicted octanol–water partition coefficient (Wildman–Crippen LogP) is 2.46. The molecule has 0 spiro atoms. The molecule has 0 bridgehead atoms. The normalized spacial score (nSPS) is 15.5. The van der Waals surface area contributed by atoms with Crippen LogP contribution in [0.4, 0.5) is 0 Å². The van der Waals surface area contributed by atoms with Crippen LogP contribution in [0.3, 0.4) is 0 Å². The van der Waals surface area contributed by atoms with Crippen LogP contribution >= 0.6 is 0 Å². The topological polar surface area (TPSA) is 12.5 Å². The van der Waals surface area contributed by atoms with E-state index < -0.39 is 0 Å². The third-order valence-electron chi connectivity index (χ3n) is 2.25. The van der Waals surface area contributed by atoms with Gasteiger partial charge < -0.3 is 0 Å². The van der Waals surface area contributed by atoms with Gasteiger partial charge in [-0.1, -0.05) is 36.4 Å². The molecule has 0 aliphatic carbocycles. The highest BCUT2D eigenvalue weighted by Gasteiger charge is 2.04. The van der Waals surface area contributed by atoms with Gasteiger partial charge in [-0.25, -0.2) is 0 Å². The molecule has 1 aromatic rings. The molecule has 1 aliphatic rings. The van der Waals surface area contributed by atoms with Crippen LogP contribution in [0.25, 0.3) is 5.57 Å². The number of benzene rings is 1. The fourth-order valence-corrected chi connectivity index (χ4v) is 1.46. The van der Waals surface area contributed by atoms with Gasteiger partial charge in [0.25, 0.3) is 0 Å². The first-order valence-electron chi connectivity index (χ1n) is 4.64. The van der Waals surface area contributed by atoms with Crippen molar-refractivity contribution in [3.63, 3.8) is 0 Å². The van der Waals surface area contributed by atoms with Crippen molar-refractivity contribution < 1.29 is 4.84 Å². The Morgan fingerprint density at radius 3 is 2.57 bits per heavy atom. The predicted molar refractivity (Wildman–Crippen MR) is 57.3 cm³/mol. The molecule has 0 atom stereocenters. The van der Waals surface area contributed by atoms with E-state index in [4.69, 9.17) is 4.84 Å². The van der Waals surface area contributed by atoms with Crippen molar-refractivity contribution in [1.29, 1.82) is 0 Å². The van der Waals surface area contributed by atoms with E-state index in [0.29, 0.717) is 0 Å². The Hall–Kier alpha value is -1.54. The van der Waals surface area contributed by atoms with Gasteiger partial charge in [0.15, 0.2) is 0 Å². The molecule has 0 saturated heterocycles. The number of hydrogen-bond acceptors (Lipinski definition) is 2. The van der Waals surface area contributed by atoms with Crippen LogP contribution in [0.1, 0.15) is 5.56 Å². The van der Waals surface area contributed by atoms with Gasteiger partial charge in [0.05, 0.1) is 13.7 Å². The lowest BCUT2D eigenvalue weighted by molar-refractivity contribution is -0.0787. The molecule has 0 saturated carbocycles. The molecule has 0 radical (unpaired) electrons. The molecule has 72 valence electrons. The highest BCUT2D eigenvalue weighted by atomic mass is 16.7. The fourth-order valence-electron chi connectivity index (χ4n) is 1.46. The fraction of sp³-hybridized carbons (Fsp3) is 0.167. The molecule has 14 heavy (non-hydrogen) atoms. The van der Waals surface area contributed by atoms with Crippen molar-refractivity contribution in [2.45, 2.75) is 0 Å². The molecule has 0 amide bonds. The maximum absolute atomic E-state index is 5.08. The Bertz CT molecular complexity index is 354. The second kappa shape index (κ2) is 4.11. The van der Waals surface area contributed by atoms with E-state index >= 15 is 0 Å². The lowest BCUT2D eigenvalue weighted by Gasteiger charge is -2.19. The lowest BCUT2D eigenvalue weighted by Crippen LogP contribution is -2.17. The summed E-state index contributed by atoms with van der Waals surface area (Å²) in [6.45, 7) is 0.803. The van der Waals surface area contributed by atoms with Gasteiger partial charge >= 0.3 is 0 Å². The standard InChI is InChI=1S/C12H13NO/c1-14-13-9-7-12(8-10-13)11-5-3-2-4-6-11/h2-9H,10H2,1H3. The van der Waals surface area contributed by atoms with Crippen molar-refractivity contribution in [3.05, 3.63) is 54.2 Å². The number of rotatable bonds is 2. The van der Waals surface area contributed by atoms with Crippen molar-refractivity contribution >= 4 is 5.57 Å². The van der Waals surface area contributed by atoms with Gasteiger partial charge in [-0.05, 0) is 17.2 Å². The highest BCUT2D eigenvalue weighted by molar-refractivity contribution is 5.74. The number of nitrogens with zero attached hydrogens (tertiary/aromatic N) is 1. The van der Waals surface area contributed by atoms with E-state index in [2.05, 4.69) is 24.3 Å². The second-order valence-corrected chi connectivity index (χ2v) is 3.12. The zero-order valence-electron chi connectivity index (χ0n) is 8.18. The molecule has 1 heterocycles. The van der Waals surface area contributed by atoms with Gasteiger partial charge in [-0.3, -0.25) is 9.90 Å².